The summed E-state index contributed by atoms with van der Waals surface area (Å²) < 4.78 is 41.0. The maximum atomic E-state index is 12.7. The first-order valence-corrected chi connectivity index (χ1v) is 8.72. The van der Waals surface area contributed by atoms with Crippen LogP contribution in [0.15, 0.2) is 42.7 Å². The smallest absolute Gasteiger partial charge is 0.341 e. The Morgan fingerprint density at radius 1 is 1.11 bits per heavy atom. The Kier molecular flexibility index (Phi) is 4.37. The van der Waals surface area contributed by atoms with Crippen molar-refractivity contribution in [3.05, 3.63) is 48.4 Å². The van der Waals surface area contributed by atoms with Crippen LogP contribution in [0, 0.1) is 0 Å². The minimum Gasteiger partial charge on any atom is -0.341 e. The number of nitrogens with zero attached hydrogens (tertiary/aromatic N) is 5. The number of carbonyl (C=O) groups is 1. The van der Waals surface area contributed by atoms with Crippen LogP contribution in [0.5, 0.6) is 0 Å². The second kappa shape index (κ2) is 6.71. The summed E-state index contributed by atoms with van der Waals surface area (Å²) in [6.45, 7) is 1.14. The van der Waals surface area contributed by atoms with Crippen molar-refractivity contribution in [2.45, 2.75) is 31.6 Å². The molecule has 0 saturated carbocycles. The molecule has 0 unspecified atom stereocenters. The van der Waals surface area contributed by atoms with Gasteiger partial charge in [0, 0.05) is 30.9 Å². The summed E-state index contributed by atoms with van der Waals surface area (Å²) in [7, 11) is 0. The summed E-state index contributed by atoms with van der Waals surface area (Å²) in [5.74, 6) is -0.0438. The van der Waals surface area contributed by atoms with E-state index in [1.165, 1.54) is 10.9 Å². The zero-order chi connectivity index (χ0) is 19.0. The van der Waals surface area contributed by atoms with E-state index in [9.17, 15) is 18.0 Å². The van der Waals surface area contributed by atoms with Gasteiger partial charge in [-0.3, -0.25) is 14.2 Å². The van der Waals surface area contributed by atoms with Crippen molar-refractivity contribution in [2.24, 2.45) is 0 Å². The highest BCUT2D eigenvalue weighted by molar-refractivity contribution is 5.79. The molecular weight excluding hydrogens is 359 g/mol. The van der Waals surface area contributed by atoms with Crippen molar-refractivity contribution in [3.8, 4) is 0 Å². The average molecular weight is 377 g/mol. The van der Waals surface area contributed by atoms with Crippen molar-refractivity contribution in [1.82, 2.24) is 24.5 Å². The molecule has 0 radical (unpaired) electrons. The fourth-order valence-electron chi connectivity index (χ4n) is 3.41. The first-order chi connectivity index (χ1) is 12.9. The molecule has 1 aromatic carbocycles. The van der Waals surface area contributed by atoms with Crippen LogP contribution in [0.4, 0.5) is 13.2 Å². The number of aromatic nitrogens is 4. The van der Waals surface area contributed by atoms with E-state index >= 15 is 0 Å². The number of piperidine rings is 1. The highest BCUT2D eigenvalue weighted by Crippen LogP contribution is 2.29. The topological polar surface area (TPSA) is 56.0 Å². The van der Waals surface area contributed by atoms with Gasteiger partial charge in [-0.05, 0) is 25.0 Å². The molecule has 0 atom stereocenters. The van der Waals surface area contributed by atoms with Gasteiger partial charge in [0.1, 0.15) is 6.54 Å². The molecule has 142 valence electrons. The quantitative estimate of drug-likeness (QED) is 0.705. The standard InChI is InChI=1S/C18H18F3N5O/c19-18(20,21)16-7-10-26(23-16)14-5-8-24(9-6-14)17(27)12-25-11-13-3-1-2-4-15(13)22-25/h1-4,7,10-11,14H,5-6,8-9,12H2. The van der Waals surface area contributed by atoms with Crippen LogP contribution in [0.2, 0.25) is 0 Å². The third-order valence-corrected chi connectivity index (χ3v) is 4.85. The number of hydrogen-bond acceptors (Lipinski definition) is 3. The van der Waals surface area contributed by atoms with Gasteiger partial charge in [-0.2, -0.15) is 23.4 Å². The molecule has 0 bridgehead atoms. The molecule has 4 rings (SSSR count). The van der Waals surface area contributed by atoms with Gasteiger partial charge in [-0.25, -0.2) is 0 Å². The van der Waals surface area contributed by atoms with Gasteiger partial charge in [0.05, 0.1) is 11.6 Å². The molecule has 0 spiro atoms. The molecule has 2 aromatic heterocycles. The van der Waals surface area contributed by atoms with E-state index in [1.807, 2.05) is 30.5 Å². The van der Waals surface area contributed by atoms with E-state index in [4.69, 9.17) is 0 Å². The Hall–Kier alpha value is -2.84. The number of alkyl halides is 3. The summed E-state index contributed by atoms with van der Waals surface area (Å²) in [6.07, 6.45) is -0.0878. The van der Waals surface area contributed by atoms with Gasteiger partial charge < -0.3 is 4.90 Å². The average Bonchev–Trinajstić information content (AvgIpc) is 3.28. The molecule has 6 nitrogen and oxygen atoms in total. The number of carbonyl (C=O) groups excluding carboxylic acids is 1. The predicted octanol–water partition coefficient (Wildman–Crippen LogP) is 3.12. The van der Waals surface area contributed by atoms with Crippen LogP contribution in [0.3, 0.4) is 0 Å². The SMILES string of the molecule is O=C(Cn1cc2ccccc2n1)N1CCC(n2ccc(C(F)(F)F)n2)CC1. The highest BCUT2D eigenvalue weighted by Gasteiger charge is 2.34. The van der Waals surface area contributed by atoms with Crippen LogP contribution in [-0.4, -0.2) is 43.5 Å². The maximum absolute atomic E-state index is 12.7. The molecular formula is C18H18F3N5O. The largest absolute Gasteiger partial charge is 0.435 e. The lowest BCUT2D eigenvalue weighted by atomic mass is 10.1. The fourth-order valence-corrected chi connectivity index (χ4v) is 3.41. The Labute approximate surface area is 153 Å². The van der Waals surface area contributed by atoms with Gasteiger partial charge in [-0.15, -0.1) is 0 Å². The fraction of sp³-hybridized carbons (Fsp3) is 0.389. The highest BCUT2D eigenvalue weighted by atomic mass is 19.4. The Bertz CT molecular complexity index is 920. The third-order valence-electron chi connectivity index (χ3n) is 4.85. The van der Waals surface area contributed by atoms with Gasteiger partial charge in [-0.1, -0.05) is 18.2 Å². The van der Waals surface area contributed by atoms with E-state index in [-0.39, 0.29) is 18.5 Å². The van der Waals surface area contributed by atoms with Gasteiger partial charge in [0.25, 0.3) is 0 Å². The number of amides is 1. The van der Waals surface area contributed by atoms with Crippen LogP contribution in [0.25, 0.3) is 10.9 Å². The zero-order valence-electron chi connectivity index (χ0n) is 14.4. The summed E-state index contributed by atoms with van der Waals surface area (Å²) in [5, 5.41) is 9.00. The molecule has 0 aliphatic carbocycles. The summed E-state index contributed by atoms with van der Waals surface area (Å²) in [5.41, 5.74) is -0.0464. The molecule has 1 fully saturated rings. The monoisotopic (exact) mass is 377 g/mol. The van der Waals surface area contributed by atoms with E-state index in [0.717, 1.165) is 17.0 Å². The molecule has 3 heterocycles. The second-order valence-corrected chi connectivity index (χ2v) is 6.68. The number of halogens is 3. The van der Waals surface area contributed by atoms with Crippen molar-refractivity contribution in [2.75, 3.05) is 13.1 Å². The molecule has 1 amide bonds. The lowest BCUT2D eigenvalue weighted by Crippen LogP contribution is -2.40. The first kappa shape index (κ1) is 17.6. The molecule has 27 heavy (non-hydrogen) atoms. The molecule has 3 aromatic rings. The number of rotatable bonds is 3. The minimum absolute atomic E-state index is 0.0438. The van der Waals surface area contributed by atoms with Gasteiger partial charge >= 0.3 is 6.18 Å². The lowest BCUT2D eigenvalue weighted by molar-refractivity contribution is -0.141. The molecule has 1 saturated heterocycles. The first-order valence-electron chi connectivity index (χ1n) is 8.72. The summed E-state index contributed by atoms with van der Waals surface area (Å²) in [4.78, 5) is 14.3. The van der Waals surface area contributed by atoms with Crippen LogP contribution >= 0.6 is 0 Å². The zero-order valence-corrected chi connectivity index (χ0v) is 14.4. The van der Waals surface area contributed by atoms with Gasteiger partial charge in [0.15, 0.2) is 5.69 Å². The number of benzene rings is 1. The van der Waals surface area contributed by atoms with Crippen molar-refractivity contribution in [1.29, 1.82) is 0 Å². The number of likely N-dealkylation sites (tertiary alicyclic amines) is 1. The van der Waals surface area contributed by atoms with Crippen molar-refractivity contribution < 1.29 is 18.0 Å². The molecule has 1 aliphatic heterocycles. The molecule has 1 aliphatic rings. The number of fused-ring (bicyclic) bond motifs is 1. The Morgan fingerprint density at radius 3 is 2.52 bits per heavy atom. The Balaban J connectivity index is 1.35. The van der Waals surface area contributed by atoms with Crippen molar-refractivity contribution >= 4 is 16.8 Å². The summed E-state index contributed by atoms with van der Waals surface area (Å²) >= 11 is 0. The lowest BCUT2D eigenvalue weighted by Gasteiger charge is -2.32. The predicted molar refractivity (Wildman–Crippen MR) is 91.8 cm³/mol. The third kappa shape index (κ3) is 3.67. The maximum Gasteiger partial charge on any atom is 0.435 e. The van der Waals surface area contributed by atoms with E-state index in [0.29, 0.717) is 25.9 Å². The Morgan fingerprint density at radius 2 is 1.85 bits per heavy atom. The van der Waals surface area contributed by atoms with E-state index < -0.39 is 11.9 Å². The van der Waals surface area contributed by atoms with E-state index in [1.54, 1.807) is 9.58 Å². The van der Waals surface area contributed by atoms with Gasteiger partial charge in [0.2, 0.25) is 5.91 Å². The van der Waals surface area contributed by atoms with Crippen LogP contribution < -0.4 is 0 Å². The molecule has 0 N–H and O–H groups in total. The van der Waals surface area contributed by atoms with E-state index in [2.05, 4.69) is 10.2 Å². The van der Waals surface area contributed by atoms with Crippen LogP contribution in [-0.2, 0) is 17.5 Å². The minimum atomic E-state index is -4.44. The normalized spacial score (nSPS) is 16.2. The molecule has 9 heteroatoms. The number of hydrogen-bond donors (Lipinski definition) is 0. The van der Waals surface area contributed by atoms with Crippen molar-refractivity contribution in [3.63, 3.8) is 0 Å². The summed E-state index contributed by atoms with van der Waals surface area (Å²) in [6, 6.07) is 8.50. The van der Waals surface area contributed by atoms with Crippen LogP contribution in [0.1, 0.15) is 24.6 Å². The second-order valence-electron chi connectivity index (χ2n) is 6.68.